The molecule has 154 valence electrons. The number of carbonyl (C=O) groups is 4. The van der Waals surface area contributed by atoms with Crippen molar-refractivity contribution in [2.45, 2.75) is 49.4 Å². The summed E-state index contributed by atoms with van der Waals surface area (Å²) in [5.41, 5.74) is 1.83. The van der Waals surface area contributed by atoms with Gasteiger partial charge in [0.2, 0.25) is 17.7 Å². The number of hydrogen-bond acceptors (Lipinski definition) is 5. The predicted octanol–water partition coefficient (Wildman–Crippen LogP) is 0.980. The highest BCUT2D eigenvalue weighted by Crippen LogP contribution is 2.50. The third-order valence-electron chi connectivity index (χ3n) is 5.81. The van der Waals surface area contributed by atoms with E-state index in [9.17, 15) is 24.3 Å². The number of fused-ring (bicyclic) bond motifs is 1. The fourth-order valence-corrected chi connectivity index (χ4v) is 5.90. The highest BCUT2D eigenvalue weighted by molar-refractivity contribution is 8.01. The molecule has 3 aliphatic rings. The van der Waals surface area contributed by atoms with Gasteiger partial charge >= 0.3 is 5.97 Å². The van der Waals surface area contributed by atoms with Crippen LogP contribution in [0.4, 0.5) is 5.69 Å². The smallest absolute Gasteiger partial charge is 0.327 e. The standard InChI is InChI=1S/C20H23N3O5S/c1-10-4-6-12(7-5-10)22-9-11(8-13(22)24)16(25)21-14-17(26)23-15(19(27)28)20(2,3)29-18(14)23/h4-7,11,14-15,18H,8-9H2,1-3H3,(H,21,25)(H,27,28)/t11?,14-,15+,18-/m1/s1. The SMILES string of the molecule is Cc1ccc(N2CC(C(=O)N[C@@H]3C(=O)N4[C@@H]3SC(C)(C)[C@@H]4C(=O)O)CC2=O)cc1. The van der Waals surface area contributed by atoms with Crippen LogP contribution in [-0.2, 0) is 19.2 Å². The minimum absolute atomic E-state index is 0.0887. The van der Waals surface area contributed by atoms with Gasteiger partial charge < -0.3 is 20.2 Å². The van der Waals surface area contributed by atoms with Crippen molar-refractivity contribution in [2.75, 3.05) is 11.4 Å². The van der Waals surface area contributed by atoms with Gasteiger partial charge in [0.1, 0.15) is 17.5 Å². The number of carbonyl (C=O) groups excluding carboxylic acids is 3. The number of thioether (sulfide) groups is 1. The quantitative estimate of drug-likeness (QED) is 0.708. The van der Waals surface area contributed by atoms with Crippen LogP contribution in [0, 0.1) is 12.8 Å². The molecule has 0 aromatic heterocycles. The minimum Gasteiger partial charge on any atom is -0.480 e. The van der Waals surface area contributed by atoms with Crippen LogP contribution in [0.15, 0.2) is 24.3 Å². The number of hydrogen-bond donors (Lipinski definition) is 2. The average molecular weight is 417 g/mol. The Labute approximate surface area is 172 Å². The van der Waals surface area contributed by atoms with Gasteiger partial charge in [-0.1, -0.05) is 17.7 Å². The molecule has 29 heavy (non-hydrogen) atoms. The van der Waals surface area contributed by atoms with Gasteiger partial charge in [-0.2, -0.15) is 0 Å². The molecular weight excluding hydrogens is 394 g/mol. The summed E-state index contributed by atoms with van der Waals surface area (Å²) in [6, 6.07) is 5.86. The van der Waals surface area contributed by atoms with Gasteiger partial charge in [0, 0.05) is 23.4 Å². The molecule has 0 spiro atoms. The molecule has 1 unspecified atom stereocenters. The van der Waals surface area contributed by atoms with Crippen LogP contribution in [0.3, 0.4) is 0 Å². The van der Waals surface area contributed by atoms with Gasteiger partial charge in [0.15, 0.2) is 0 Å². The number of carboxylic acids is 1. The number of rotatable bonds is 4. The number of nitrogens with one attached hydrogen (secondary N) is 1. The van der Waals surface area contributed by atoms with Crippen molar-refractivity contribution in [3.63, 3.8) is 0 Å². The predicted molar refractivity (Wildman–Crippen MR) is 107 cm³/mol. The molecule has 8 nitrogen and oxygen atoms in total. The van der Waals surface area contributed by atoms with E-state index in [4.69, 9.17) is 0 Å². The molecule has 4 rings (SSSR count). The normalized spacial score (nSPS) is 30.2. The van der Waals surface area contributed by atoms with Crippen molar-refractivity contribution in [2.24, 2.45) is 5.92 Å². The van der Waals surface area contributed by atoms with Crippen molar-refractivity contribution < 1.29 is 24.3 Å². The van der Waals surface area contributed by atoms with Crippen molar-refractivity contribution >= 4 is 41.1 Å². The molecule has 0 saturated carbocycles. The number of aliphatic carboxylic acids is 1. The summed E-state index contributed by atoms with van der Waals surface area (Å²) in [4.78, 5) is 52.2. The van der Waals surface area contributed by atoms with Gasteiger partial charge in [-0.25, -0.2) is 4.79 Å². The van der Waals surface area contributed by atoms with E-state index in [1.807, 2.05) is 31.2 Å². The molecule has 1 aromatic rings. The first-order chi connectivity index (χ1) is 13.6. The minimum atomic E-state index is -1.04. The maximum absolute atomic E-state index is 12.7. The molecule has 3 fully saturated rings. The van der Waals surface area contributed by atoms with E-state index in [2.05, 4.69) is 5.32 Å². The lowest BCUT2D eigenvalue weighted by Crippen LogP contribution is -2.71. The summed E-state index contributed by atoms with van der Waals surface area (Å²) in [5, 5.41) is 11.8. The van der Waals surface area contributed by atoms with Gasteiger partial charge in [0.25, 0.3) is 0 Å². The second kappa shape index (κ2) is 6.76. The number of aryl methyl sites for hydroxylation is 1. The van der Waals surface area contributed by atoms with Gasteiger partial charge in [-0.05, 0) is 32.9 Å². The molecule has 9 heteroatoms. The zero-order chi connectivity index (χ0) is 21.1. The van der Waals surface area contributed by atoms with E-state index in [0.29, 0.717) is 0 Å². The fraction of sp³-hybridized carbons (Fsp3) is 0.500. The lowest BCUT2D eigenvalue weighted by Gasteiger charge is -2.43. The largest absolute Gasteiger partial charge is 0.480 e. The molecule has 2 N–H and O–H groups in total. The zero-order valence-electron chi connectivity index (χ0n) is 16.4. The summed E-state index contributed by atoms with van der Waals surface area (Å²) in [7, 11) is 0. The van der Waals surface area contributed by atoms with E-state index in [1.165, 1.54) is 16.7 Å². The summed E-state index contributed by atoms with van der Waals surface area (Å²) in [6.07, 6.45) is 0.0887. The lowest BCUT2D eigenvalue weighted by atomic mass is 9.95. The first kappa shape index (κ1) is 19.8. The van der Waals surface area contributed by atoms with E-state index in [1.54, 1.807) is 18.7 Å². The molecule has 0 aliphatic carbocycles. The topological polar surface area (TPSA) is 107 Å². The number of β-lactam (4-membered cyclic amide) rings is 1. The summed E-state index contributed by atoms with van der Waals surface area (Å²) in [5.74, 6) is -2.44. The third kappa shape index (κ3) is 3.17. The van der Waals surface area contributed by atoms with E-state index >= 15 is 0 Å². The van der Waals surface area contributed by atoms with Crippen molar-refractivity contribution in [1.29, 1.82) is 0 Å². The van der Waals surface area contributed by atoms with Crippen LogP contribution in [0.2, 0.25) is 0 Å². The highest BCUT2D eigenvalue weighted by atomic mass is 32.2. The Balaban J connectivity index is 1.42. The Morgan fingerprint density at radius 3 is 2.48 bits per heavy atom. The van der Waals surface area contributed by atoms with Crippen LogP contribution >= 0.6 is 11.8 Å². The van der Waals surface area contributed by atoms with Crippen LogP contribution in [0.25, 0.3) is 0 Å². The second-order valence-electron chi connectivity index (χ2n) is 8.33. The maximum Gasteiger partial charge on any atom is 0.327 e. The second-order valence-corrected chi connectivity index (χ2v) is 10.1. The Bertz CT molecular complexity index is 900. The monoisotopic (exact) mass is 417 g/mol. The molecular formula is C20H23N3O5S. The zero-order valence-corrected chi connectivity index (χ0v) is 17.2. The van der Waals surface area contributed by atoms with E-state index in [0.717, 1.165) is 11.3 Å². The first-order valence-electron chi connectivity index (χ1n) is 9.50. The molecule has 1 aromatic carbocycles. The third-order valence-corrected chi connectivity index (χ3v) is 7.39. The van der Waals surface area contributed by atoms with Gasteiger partial charge in [-0.3, -0.25) is 14.4 Å². The summed E-state index contributed by atoms with van der Waals surface area (Å²) < 4.78 is -0.642. The molecule has 0 bridgehead atoms. The summed E-state index contributed by atoms with van der Waals surface area (Å²) >= 11 is 1.38. The molecule has 3 aliphatic heterocycles. The fourth-order valence-electron chi connectivity index (χ4n) is 4.27. The maximum atomic E-state index is 12.7. The Hall–Kier alpha value is -2.55. The average Bonchev–Trinajstić information content (AvgIpc) is 3.15. The van der Waals surface area contributed by atoms with Gasteiger partial charge in [0.05, 0.1) is 5.92 Å². The highest BCUT2D eigenvalue weighted by Gasteiger charge is 2.64. The Morgan fingerprint density at radius 2 is 1.86 bits per heavy atom. The van der Waals surface area contributed by atoms with Crippen LogP contribution < -0.4 is 10.2 Å². The van der Waals surface area contributed by atoms with E-state index in [-0.39, 0.29) is 30.7 Å². The number of benzene rings is 1. The summed E-state index contributed by atoms with van der Waals surface area (Å²) in [6.45, 7) is 5.80. The number of nitrogens with zero attached hydrogens (tertiary/aromatic N) is 2. The van der Waals surface area contributed by atoms with Gasteiger partial charge in [-0.15, -0.1) is 11.8 Å². The molecule has 4 atom stereocenters. The van der Waals surface area contributed by atoms with Crippen LogP contribution in [0.1, 0.15) is 25.8 Å². The number of carboxylic acid groups (broad SMARTS) is 1. The van der Waals surface area contributed by atoms with Crippen molar-refractivity contribution in [3.8, 4) is 0 Å². The lowest BCUT2D eigenvalue weighted by molar-refractivity contribution is -0.161. The van der Waals surface area contributed by atoms with Crippen LogP contribution in [-0.4, -0.2) is 62.4 Å². The Kier molecular flexibility index (Phi) is 4.60. The molecule has 0 radical (unpaired) electrons. The van der Waals surface area contributed by atoms with E-state index < -0.39 is 34.1 Å². The molecule has 3 saturated heterocycles. The van der Waals surface area contributed by atoms with Crippen LogP contribution in [0.5, 0.6) is 0 Å². The van der Waals surface area contributed by atoms with Crippen molar-refractivity contribution in [1.82, 2.24) is 10.2 Å². The molecule has 3 heterocycles. The Morgan fingerprint density at radius 1 is 1.21 bits per heavy atom. The number of anilines is 1. The molecule has 3 amide bonds. The number of amides is 3. The van der Waals surface area contributed by atoms with Crippen molar-refractivity contribution in [3.05, 3.63) is 29.8 Å². The first-order valence-corrected chi connectivity index (χ1v) is 10.4.